The Kier molecular flexibility index (Phi) is 4.09. The molecule has 0 saturated heterocycles. The van der Waals surface area contributed by atoms with Crippen LogP contribution in [0.4, 0.5) is 10.1 Å². The summed E-state index contributed by atoms with van der Waals surface area (Å²) in [6.07, 6.45) is 0. The van der Waals surface area contributed by atoms with E-state index in [9.17, 15) is 9.18 Å². The van der Waals surface area contributed by atoms with Gasteiger partial charge in [-0.05, 0) is 42.0 Å². The maximum absolute atomic E-state index is 12.8. The number of ether oxygens (including phenoxy) is 2. The zero-order chi connectivity index (χ0) is 15.4. The first-order valence-corrected chi connectivity index (χ1v) is 6.85. The van der Waals surface area contributed by atoms with Gasteiger partial charge in [0.25, 0.3) is 0 Å². The smallest absolute Gasteiger partial charge is 0.239 e. The first kappa shape index (κ1) is 14.2. The summed E-state index contributed by atoms with van der Waals surface area (Å²) in [5.74, 6) is 0.948. The van der Waals surface area contributed by atoms with E-state index in [1.54, 1.807) is 12.1 Å². The number of amides is 1. The van der Waals surface area contributed by atoms with Gasteiger partial charge in [0.1, 0.15) is 5.82 Å². The topological polar surface area (TPSA) is 59.6 Å². The number of hydrogen-bond acceptors (Lipinski definition) is 4. The maximum atomic E-state index is 12.8. The van der Waals surface area contributed by atoms with Gasteiger partial charge < -0.3 is 20.1 Å². The third-order valence-corrected chi connectivity index (χ3v) is 3.22. The molecule has 2 aromatic carbocycles. The summed E-state index contributed by atoms with van der Waals surface area (Å²) in [6, 6.07) is 11.4. The van der Waals surface area contributed by atoms with Crippen LogP contribution >= 0.6 is 0 Å². The molecule has 0 fully saturated rings. The molecule has 0 saturated carbocycles. The van der Waals surface area contributed by atoms with Crippen LogP contribution in [0.3, 0.4) is 0 Å². The fourth-order valence-corrected chi connectivity index (χ4v) is 2.06. The molecule has 0 atom stereocenters. The minimum atomic E-state index is -0.308. The molecule has 2 N–H and O–H groups in total. The van der Waals surface area contributed by atoms with Crippen molar-refractivity contribution >= 4 is 11.6 Å². The van der Waals surface area contributed by atoms with Crippen LogP contribution in [0, 0.1) is 5.82 Å². The first-order chi connectivity index (χ1) is 10.7. The second kappa shape index (κ2) is 6.34. The van der Waals surface area contributed by atoms with Crippen LogP contribution in [-0.2, 0) is 11.3 Å². The molecule has 2 aromatic rings. The number of fused-ring (bicyclic) bond motifs is 1. The van der Waals surface area contributed by atoms with E-state index in [0.717, 1.165) is 5.56 Å². The van der Waals surface area contributed by atoms with E-state index in [-0.39, 0.29) is 25.1 Å². The number of nitrogens with one attached hydrogen (secondary N) is 2. The Hall–Kier alpha value is -2.76. The van der Waals surface area contributed by atoms with Crippen molar-refractivity contribution in [2.24, 2.45) is 0 Å². The standard InChI is InChI=1S/C16H15FN2O3/c17-12-2-4-13(5-3-12)18-9-16(20)19-8-11-1-6-14-15(7-11)22-10-21-14/h1-7,18H,8-10H2,(H,19,20). The summed E-state index contributed by atoms with van der Waals surface area (Å²) < 4.78 is 23.3. The van der Waals surface area contributed by atoms with Crippen LogP contribution in [0.25, 0.3) is 0 Å². The second-order valence-electron chi connectivity index (χ2n) is 4.82. The molecule has 5 nitrogen and oxygen atoms in total. The molecule has 1 aliphatic rings. The lowest BCUT2D eigenvalue weighted by molar-refractivity contribution is -0.119. The average Bonchev–Trinajstić information content (AvgIpc) is 3.00. The average molecular weight is 302 g/mol. The Morgan fingerprint density at radius 2 is 1.86 bits per heavy atom. The summed E-state index contributed by atoms with van der Waals surface area (Å²) in [5.41, 5.74) is 1.62. The van der Waals surface area contributed by atoms with Gasteiger partial charge in [0.05, 0.1) is 6.54 Å². The van der Waals surface area contributed by atoms with Gasteiger partial charge in [0.2, 0.25) is 12.7 Å². The van der Waals surface area contributed by atoms with Gasteiger partial charge >= 0.3 is 0 Å². The zero-order valence-electron chi connectivity index (χ0n) is 11.8. The minimum Gasteiger partial charge on any atom is -0.454 e. The Labute approximate surface area is 127 Å². The van der Waals surface area contributed by atoms with Crippen LogP contribution in [0.5, 0.6) is 11.5 Å². The summed E-state index contributed by atoms with van der Waals surface area (Å²) in [4.78, 5) is 11.8. The highest BCUT2D eigenvalue weighted by Gasteiger charge is 2.13. The third kappa shape index (κ3) is 3.46. The molecular formula is C16H15FN2O3. The van der Waals surface area contributed by atoms with Crippen molar-refractivity contribution in [3.63, 3.8) is 0 Å². The molecule has 6 heteroatoms. The van der Waals surface area contributed by atoms with E-state index in [1.807, 2.05) is 18.2 Å². The molecule has 0 spiro atoms. The van der Waals surface area contributed by atoms with Crippen molar-refractivity contribution in [3.05, 3.63) is 53.8 Å². The molecule has 22 heavy (non-hydrogen) atoms. The molecule has 114 valence electrons. The van der Waals surface area contributed by atoms with E-state index >= 15 is 0 Å². The number of hydrogen-bond donors (Lipinski definition) is 2. The van der Waals surface area contributed by atoms with Gasteiger partial charge in [-0.25, -0.2) is 4.39 Å². The molecule has 0 unspecified atom stereocenters. The third-order valence-electron chi connectivity index (χ3n) is 3.22. The summed E-state index contributed by atoms with van der Waals surface area (Å²) in [5, 5.41) is 5.73. The van der Waals surface area contributed by atoms with E-state index in [4.69, 9.17) is 9.47 Å². The Bertz CT molecular complexity index is 674. The van der Waals surface area contributed by atoms with Gasteiger partial charge in [0.15, 0.2) is 11.5 Å². The molecule has 3 rings (SSSR count). The SMILES string of the molecule is O=C(CNc1ccc(F)cc1)NCc1ccc2c(c1)OCO2. The number of halogens is 1. The van der Waals surface area contributed by atoms with E-state index < -0.39 is 0 Å². The lowest BCUT2D eigenvalue weighted by Crippen LogP contribution is -2.29. The number of carbonyl (C=O) groups is 1. The van der Waals surface area contributed by atoms with E-state index in [2.05, 4.69) is 10.6 Å². The van der Waals surface area contributed by atoms with Crippen LogP contribution < -0.4 is 20.1 Å². The molecule has 1 amide bonds. The Morgan fingerprint density at radius 3 is 2.68 bits per heavy atom. The van der Waals surface area contributed by atoms with Crippen LogP contribution in [0.2, 0.25) is 0 Å². The highest BCUT2D eigenvalue weighted by Crippen LogP contribution is 2.32. The summed E-state index contributed by atoms with van der Waals surface area (Å²) in [7, 11) is 0. The summed E-state index contributed by atoms with van der Waals surface area (Å²) >= 11 is 0. The van der Waals surface area contributed by atoms with Gasteiger partial charge in [0, 0.05) is 12.2 Å². The molecule has 0 aromatic heterocycles. The van der Waals surface area contributed by atoms with Crippen molar-refractivity contribution in [3.8, 4) is 11.5 Å². The Balaban J connectivity index is 1.47. The predicted molar refractivity (Wildman–Crippen MR) is 79.3 cm³/mol. The second-order valence-corrected chi connectivity index (χ2v) is 4.82. The largest absolute Gasteiger partial charge is 0.454 e. The van der Waals surface area contributed by atoms with Crippen molar-refractivity contribution in [2.75, 3.05) is 18.7 Å². The number of anilines is 1. The highest BCUT2D eigenvalue weighted by atomic mass is 19.1. The van der Waals surface area contributed by atoms with Crippen molar-refractivity contribution in [1.29, 1.82) is 0 Å². The highest BCUT2D eigenvalue weighted by molar-refractivity contribution is 5.80. The zero-order valence-corrected chi connectivity index (χ0v) is 11.8. The fraction of sp³-hybridized carbons (Fsp3) is 0.188. The monoisotopic (exact) mass is 302 g/mol. The molecule has 0 aliphatic carbocycles. The minimum absolute atomic E-state index is 0.121. The van der Waals surface area contributed by atoms with Gasteiger partial charge in [-0.1, -0.05) is 6.07 Å². The van der Waals surface area contributed by atoms with Crippen molar-refractivity contribution < 1.29 is 18.7 Å². The van der Waals surface area contributed by atoms with Crippen molar-refractivity contribution in [1.82, 2.24) is 5.32 Å². The number of rotatable bonds is 5. The predicted octanol–water partition coefficient (Wildman–Crippen LogP) is 2.28. The van der Waals surface area contributed by atoms with Gasteiger partial charge in [-0.15, -0.1) is 0 Å². The Morgan fingerprint density at radius 1 is 1.09 bits per heavy atom. The van der Waals surface area contributed by atoms with Crippen LogP contribution in [0.1, 0.15) is 5.56 Å². The summed E-state index contributed by atoms with van der Waals surface area (Å²) in [6.45, 7) is 0.753. The number of carbonyl (C=O) groups excluding carboxylic acids is 1. The van der Waals surface area contributed by atoms with E-state index in [1.165, 1.54) is 12.1 Å². The molecule has 0 radical (unpaired) electrons. The fourth-order valence-electron chi connectivity index (χ4n) is 2.06. The van der Waals surface area contributed by atoms with E-state index in [0.29, 0.717) is 23.7 Å². The van der Waals surface area contributed by atoms with Gasteiger partial charge in [-0.3, -0.25) is 4.79 Å². The normalized spacial score (nSPS) is 12.0. The van der Waals surface area contributed by atoms with Gasteiger partial charge in [-0.2, -0.15) is 0 Å². The number of benzene rings is 2. The first-order valence-electron chi connectivity index (χ1n) is 6.85. The molecule has 1 heterocycles. The lowest BCUT2D eigenvalue weighted by atomic mass is 10.2. The van der Waals surface area contributed by atoms with Crippen molar-refractivity contribution in [2.45, 2.75) is 6.54 Å². The molecule has 1 aliphatic heterocycles. The maximum Gasteiger partial charge on any atom is 0.239 e. The molecule has 0 bridgehead atoms. The molecular weight excluding hydrogens is 287 g/mol. The quantitative estimate of drug-likeness (QED) is 0.889. The lowest BCUT2D eigenvalue weighted by Gasteiger charge is -2.08. The van der Waals surface area contributed by atoms with Crippen LogP contribution in [-0.4, -0.2) is 19.2 Å². The van der Waals surface area contributed by atoms with Crippen LogP contribution in [0.15, 0.2) is 42.5 Å².